The molecule has 0 saturated heterocycles. The van der Waals surface area contributed by atoms with Gasteiger partial charge in [-0.15, -0.1) is 0 Å². The minimum Gasteiger partial charge on any atom is -0.345 e. The number of aromatic amines is 1. The maximum absolute atomic E-state index is 13.7. The number of hydrogen-bond acceptors (Lipinski definition) is 2. The number of nitrogens with zero attached hydrogens (tertiary/aromatic N) is 1. The number of carbonyl (C=O) groups is 1. The Bertz CT molecular complexity index is 783. The number of imidazole rings is 1. The number of amides is 1. The van der Waals surface area contributed by atoms with Gasteiger partial charge in [-0.3, -0.25) is 4.79 Å². The van der Waals surface area contributed by atoms with Crippen molar-refractivity contribution in [2.75, 3.05) is 0 Å². The van der Waals surface area contributed by atoms with Gasteiger partial charge in [0.2, 0.25) is 0 Å². The zero-order chi connectivity index (χ0) is 14.8. The lowest BCUT2D eigenvalue weighted by Crippen LogP contribution is -2.24. The molecule has 2 aromatic carbocycles. The highest BCUT2D eigenvalue weighted by atomic mass is 35.5. The normalized spacial score (nSPS) is 10.8. The van der Waals surface area contributed by atoms with Gasteiger partial charge in [0.05, 0.1) is 28.2 Å². The highest BCUT2D eigenvalue weighted by molar-refractivity contribution is 6.31. The summed E-state index contributed by atoms with van der Waals surface area (Å²) in [6.45, 7) is 0.180. The van der Waals surface area contributed by atoms with Crippen LogP contribution in [0.5, 0.6) is 0 Å². The molecule has 0 unspecified atom stereocenters. The Labute approximate surface area is 125 Å². The van der Waals surface area contributed by atoms with Gasteiger partial charge in [0.1, 0.15) is 5.82 Å². The second-order valence-electron chi connectivity index (χ2n) is 4.48. The first-order valence-corrected chi connectivity index (χ1v) is 6.69. The maximum atomic E-state index is 13.7. The van der Waals surface area contributed by atoms with Crippen LogP contribution in [0.3, 0.4) is 0 Å². The van der Waals surface area contributed by atoms with Crippen molar-refractivity contribution in [1.29, 1.82) is 0 Å². The van der Waals surface area contributed by atoms with E-state index < -0.39 is 11.7 Å². The molecular weight excluding hydrogens is 293 g/mol. The summed E-state index contributed by atoms with van der Waals surface area (Å²) in [5.41, 5.74) is 1.62. The number of aromatic nitrogens is 2. The van der Waals surface area contributed by atoms with Crippen LogP contribution in [-0.4, -0.2) is 15.9 Å². The molecule has 3 rings (SSSR count). The first kappa shape index (κ1) is 13.6. The fraction of sp³-hybridized carbons (Fsp3) is 0.0667. The zero-order valence-corrected chi connectivity index (χ0v) is 11.6. The summed E-state index contributed by atoms with van der Waals surface area (Å²) >= 11 is 5.65. The van der Waals surface area contributed by atoms with Gasteiger partial charge < -0.3 is 10.3 Å². The third kappa shape index (κ3) is 2.73. The molecule has 0 aliphatic rings. The van der Waals surface area contributed by atoms with Crippen LogP contribution in [0.2, 0.25) is 5.02 Å². The van der Waals surface area contributed by atoms with E-state index in [1.54, 1.807) is 0 Å². The summed E-state index contributed by atoms with van der Waals surface area (Å²) in [4.78, 5) is 19.4. The number of benzene rings is 2. The second-order valence-corrected chi connectivity index (χ2v) is 4.89. The van der Waals surface area contributed by atoms with Crippen LogP contribution in [0.1, 0.15) is 16.2 Å². The maximum Gasteiger partial charge on any atom is 0.254 e. The Morgan fingerprint density at radius 1 is 1.24 bits per heavy atom. The van der Waals surface area contributed by atoms with Gasteiger partial charge in [-0.1, -0.05) is 29.8 Å². The number of para-hydroxylation sites is 2. The molecule has 0 fully saturated rings. The fourth-order valence-electron chi connectivity index (χ4n) is 2.03. The second kappa shape index (κ2) is 5.54. The zero-order valence-electron chi connectivity index (χ0n) is 10.9. The van der Waals surface area contributed by atoms with Gasteiger partial charge >= 0.3 is 0 Å². The molecule has 21 heavy (non-hydrogen) atoms. The molecule has 0 aliphatic carbocycles. The van der Waals surface area contributed by atoms with Gasteiger partial charge in [0, 0.05) is 0 Å². The number of nitrogens with one attached hydrogen (secondary N) is 2. The molecule has 4 nitrogen and oxygen atoms in total. The Morgan fingerprint density at radius 3 is 2.86 bits per heavy atom. The van der Waals surface area contributed by atoms with Gasteiger partial charge in [-0.2, -0.15) is 0 Å². The summed E-state index contributed by atoms with van der Waals surface area (Å²) < 4.78 is 13.7. The first-order chi connectivity index (χ1) is 10.1. The number of rotatable bonds is 3. The third-order valence-electron chi connectivity index (χ3n) is 3.05. The van der Waals surface area contributed by atoms with E-state index in [2.05, 4.69) is 15.3 Å². The SMILES string of the molecule is O=C(NCc1nc2ccccc2[nH]1)c1cccc(Cl)c1F. The molecule has 1 heterocycles. The average molecular weight is 304 g/mol. The number of halogens is 2. The monoisotopic (exact) mass is 303 g/mol. The molecule has 0 spiro atoms. The molecule has 1 aromatic heterocycles. The highest BCUT2D eigenvalue weighted by Gasteiger charge is 2.14. The summed E-state index contributed by atoms with van der Waals surface area (Å²) in [5.74, 6) is -0.649. The molecule has 0 atom stereocenters. The molecule has 1 amide bonds. The number of hydrogen-bond donors (Lipinski definition) is 2. The van der Waals surface area contributed by atoms with E-state index in [-0.39, 0.29) is 17.1 Å². The minimum atomic E-state index is -0.721. The molecule has 3 aromatic rings. The number of fused-ring (bicyclic) bond motifs is 1. The Morgan fingerprint density at radius 2 is 2.05 bits per heavy atom. The van der Waals surface area contributed by atoms with E-state index in [1.165, 1.54) is 18.2 Å². The Balaban J connectivity index is 1.75. The molecule has 0 aliphatic heterocycles. The van der Waals surface area contributed by atoms with Crippen molar-refractivity contribution in [3.8, 4) is 0 Å². The highest BCUT2D eigenvalue weighted by Crippen LogP contribution is 2.17. The van der Waals surface area contributed by atoms with E-state index in [1.807, 2.05) is 24.3 Å². The van der Waals surface area contributed by atoms with E-state index in [4.69, 9.17) is 11.6 Å². The predicted octanol–water partition coefficient (Wildman–Crippen LogP) is 3.29. The van der Waals surface area contributed by atoms with Crippen molar-refractivity contribution in [2.45, 2.75) is 6.54 Å². The summed E-state index contributed by atoms with van der Waals surface area (Å²) in [7, 11) is 0. The van der Waals surface area contributed by atoms with Gasteiger partial charge in [0.15, 0.2) is 5.82 Å². The topological polar surface area (TPSA) is 57.8 Å². The summed E-state index contributed by atoms with van der Waals surface area (Å²) in [5, 5.41) is 2.54. The first-order valence-electron chi connectivity index (χ1n) is 6.31. The van der Waals surface area contributed by atoms with Crippen molar-refractivity contribution >= 4 is 28.5 Å². The molecule has 6 heteroatoms. The van der Waals surface area contributed by atoms with Crippen LogP contribution in [0.4, 0.5) is 4.39 Å². The lowest BCUT2D eigenvalue weighted by Gasteiger charge is -2.05. The van der Waals surface area contributed by atoms with E-state index >= 15 is 0 Å². The molecule has 2 N–H and O–H groups in total. The van der Waals surface area contributed by atoms with Crippen molar-refractivity contribution in [1.82, 2.24) is 15.3 Å². The Kier molecular flexibility index (Phi) is 3.58. The smallest absolute Gasteiger partial charge is 0.254 e. The fourth-order valence-corrected chi connectivity index (χ4v) is 2.20. The van der Waals surface area contributed by atoms with Crippen LogP contribution < -0.4 is 5.32 Å². The van der Waals surface area contributed by atoms with Crippen molar-refractivity contribution in [3.05, 3.63) is 64.7 Å². The largest absolute Gasteiger partial charge is 0.345 e. The molecular formula is C15H11ClFN3O. The molecule has 0 saturated carbocycles. The average Bonchev–Trinajstić information content (AvgIpc) is 2.90. The van der Waals surface area contributed by atoms with E-state index in [9.17, 15) is 9.18 Å². The van der Waals surface area contributed by atoms with Gasteiger partial charge in [-0.05, 0) is 24.3 Å². The van der Waals surface area contributed by atoms with Crippen LogP contribution >= 0.6 is 11.6 Å². The van der Waals surface area contributed by atoms with Crippen LogP contribution in [0, 0.1) is 5.82 Å². The minimum absolute atomic E-state index is 0.0774. The molecule has 0 radical (unpaired) electrons. The third-order valence-corrected chi connectivity index (χ3v) is 3.34. The molecule has 106 valence electrons. The summed E-state index contributed by atoms with van der Waals surface area (Å²) in [6, 6.07) is 11.8. The van der Waals surface area contributed by atoms with Crippen molar-refractivity contribution < 1.29 is 9.18 Å². The van der Waals surface area contributed by atoms with Crippen LogP contribution in [0.15, 0.2) is 42.5 Å². The number of H-pyrrole nitrogens is 1. The van der Waals surface area contributed by atoms with E-state index in [0.717, 1.165) is 11.0 Å². The molecule has 0 bridgehead atoms. The summed E-state index contributed by atoms with van der Waals surface area (Å²) in [6.07, 6.45) is 0. The van der Waals surface area contributed by atoms with Crippen LogP contribution in [-0.2, 0) is 6.54 Å². The van der Waals surface area contributed by atoms with Crippen molar-refractivity contribution in [3.63, 3.8) is 0 Å². The van der Waals surface area contributed by atoms with E-state index in [0.29, 0.717) is 5.82 Å². The van der Waals surface area contributed by atoms with Gasteiger partial charge in [0.25, 0.3) is 5.91 Å². The van der Waals surface area contributed by atoms with Crippen molar-refractivity contribution in [2.24, 2.45) is 0 Å². The quantitative estimate of drug-likeness (QED) is 0.780. The lowest BCUT2D eigenvalue weighted by molar-refractivity contribution is 0.0946. The van der Waals surface area contributed by atoms with Crippen LogP contribution in [0.25, 0.3) is 11.0 Å². The predicted molar refractivity (Wildman–Crippen MR) is 78.7 cm³/mol. The lowest BCUT2D eigenvalue weighted by atomic mass is 10.2. The number of carbonyl (C=O) groups excluding carboxylic acids is 1. The Hall–Kier alpha value is -2.40. The standard InChI is InChI=1S/C15H11ClFN3O/c16-10-5-3-4-9(14(10)17)15(21)18-8-13-19-11-6-1-2-7-12(11)20-13/h1-7H,8H2,(H,18,21)(H,19,20). The van der Waals surface area contributed by atoms with Gasteiger partial charge in [-0.25, -0.2) is 9.37 Å².